The largest absolute Gasteiger partial charge is 0.378 e. The highest BCUT2D eigenvalue weighted by Gasteiger charge is 2.20. The Kier molecular flexibility index (Phi) is 2.95. The van der Waals surface area contributed by atoms with Crippen LogP contribution in [0, 0.1) is 16.0 Å². The lowest BCUT2D eigenvalue weighted by Gasteiger charge is -2.05. The number of hydrogen-bond acceptors (Lipinski definition) is 5. The van der Waals surface area contributed by atoms with Crippen LogP contribution in [0.25, 0.3) is 0 Å². The maximum Gasteiger partial charge on any atom is 0.332 e. The second kappa shape index (κ2) is 3.99. The average Bonchev–Trinajstić information content (AvgIpc) is 2.01. The molecule has 1 aromatic heterocycles. The zero-order chi connectivity index (χ0) is 10.7. The average molecular weight is 196 g/mol. The Morgan fingerprint density at radius 2 is 2.21 bits per heavy atom. The fraction of sp³-hybridized carbons (Fsp3) is 0.500. The highest BCUT2D eigenvalue weighted by atomic mass is 16.6. The second-order valence-corrected chi connectivity index (χ2v) is 3.41. The summed E-state index contributed by atoms with van der Waals surface area (Å²) in [4.78, 5) is 17.6. The summed E-state index contributed by atoms with van der Waals surface area (Å²) in [5, 5.41) is 10.7. The number of aromatic nitrogens is 2. The van der Waals surface area contributed by atoms with Gasteiger partial charge >= 0.3 is 5.69 Å². The lowest BCUT2D eigenvalue weighted by molar-refractivity contribution is -0.385. The molecule has 2 N–H and O–H groups in total. The molecule has 0 fully saturated rings. The zero-order valence-corrected chi connectivity index (χ0v) is 8.10. The minimum atomic E-state index is -0.535. The highest BCUT2D eigenvalue weighted by Crippen LogP contribution is 2.23. The van der Waals surface area contributed by atoms with E-state index < -0.39 is 4.92 Å². The normalized spacial score (nSPS) is 10.5. The van der Waals surface area contributed by atoms with Gasteiger partial charge < -0.3 is 5.73 Å². The Labute approximate surface area is 81.3 Å². The number of nitrogens with two attached hydrogens (primary N) is 1. The van der Waals surface area contributed by atoms with Gasteiger partial charge in [0.05, 0.1) is 4.92 Å². The Balaban J connectivity index is 3.14. The van der Waals surface area contributed by atoms with E-state index in [2.05, 4.69) is 9.97 Å². The number of nitrogen functional groups attached to an aromatic ring is 1. The van der Waals surface area contributed by atoms with E-state index in [9.17, 15) is 10.1 Å². The van der Waals surface area contributed by atoms with E-state index in [1.54, 1.807) is 0 Å². The molecule has 0 spiro atoms. The molecule has 0 amide bonds. The van der Waals surface area contributed by atoms with Crippen molar-refractivity contribution in [2.75, 3.05) is 5.73 Å². The van der Waals surface area contributed by atoms with Gasteiger partial charge in [-0.15, -0.1) is 0 Å². The molecule has 0 aromatic carbocycles. The van der Waals surface area contributed by atoms with Crippen LogP contribution in [0.4, 0.5) is 11.5 Å². The molecular weight excluding hydrogens is 184 g/mol. The Hall–Kier alpha value is -1.72. The van der Waals surface area contributed by atoms with Gasteiger partial charge in [0.15, 0.2) is 0 Å². The fourth-order valence-electron chi connectivity index (χ4n) is 1.17. The Bertz CT molecular complexity index is 351. The molecular formula is C8H12N4O2. The predicted molar refractivity (Wildman–Crippen MR) is 51.6 cm³/mol. The lowest BCUT2D eigenvalue weighted by atomic mass is 10.1. The van der Waals surface area contributed by atoms with E-state index >= 15 is 0 Å². The zero-order valence-electron chi connectivity index (χ0n) is 8.10. The molecule has 1 rings (SSSR count). The van der Waals surface area contributed by atoms with E-state index in [0.717, 1.165) is 0 Å². The molecule has 0 unspecified atom stereocenters. The molecule has 76 valence electrons. The molecule has 0 aliphatic heterocycles. The molecule has 14 heavy (non-hydrogen) atoms. The number of hydrogen-bond donors (Lipinski definition) is 1. The summed E-state index contributed by atoms with van der Waals surface area (Å²) in [6.07, 6.45) is 1.78. The molecule has 0 aliphatic rings. The second-order valence-electron chi connectivity index (χ2n) is 3.41. The van der Waals surface area contributed by atoms with Crippen molar-refractivity contribution in [3.05, 3.63) is 22.1 Å². The molecule has 0 radical (unpaired) electrons. The van der Waals surface area contributed by atoms with Crippen LogP contribution in [-0.4, -0.2) is 14.9 Å². The summed E-state index contributed by atoms with van der Waals surface area (Å²) in [6.45, 7) is 3.92. The summed E-state index contributed by atoms with van der Waals surface area (Å²) < 4.78 is 0. The minimum Gasteiger partial charge on any atom is -0.378 e. The van der Waals surface area contributed by atoms with Gasteiger partial charge in [-0.3, -0.25) is 10.1 Å². The number of nitro groups is 1. The van der Waals surface area contributed by atoms with Crippen LogP contribution in [0.15, 0.2) is 6.33 Å². The van der Waals surface area contributed by atoms with Gasteiger partial charge in [0.25, 0.3) is 0 Å². The molecule has 6 nitrogen and oxygen atoms in total. The van der Waals surface area contributed by atoms with E-state index in [4.69, 9.17) is 5.73 Å². The molecule has 1 aromatic rings. The predicted octanol–water partition coefficient (Wildman–Crippen LogP) is 1.17. The van der Waals surface area contributed by atoms with Crippen molar-refractivity contribution < 1.29 is 4.92 Å². The first-order chi connectivity index (χ1) is 6.52. The number of anilines is 1. The van der Waals surface area contributed by atoms with Gasteiger partial charge in [0, 0.05) is 0 Å². The topological polar surface area (TPSA) is 94.9 Å². The molecule has 0 bridgehead atoms. The highest BCUT2D eigenvalue weighted by molar-refractivity contribution is 5.54. The quantitative estimate of drug-likeness (QED) is 0.578. The number of rotatable bonds is 3. The molecule has 0 saturated heterocycles. The summed E-state index contributed by atoms with van der Waals surface area (Å²) >= 11 is 0. The number of nitrogens with zero attached hydrogens (tertiary/aromatic N) is 3. The van der Waals surface area contributed by atoms with Crippen LogP contribution < -0.4 is 5.73 Å². The fourth-order valence-corrected chi connectivity index (χ4v) is 1.17. The van der Waals surface area contributed by atoms with E-state index in [1.807, 2.05) is 13.8 Å². The molecule has 0 atom stereocenters. The van der Waals surface area contributed by atoms with Crippen molar-refractivity contribution in [3.63, 3.8) is 0 Å². The van der Waals surface area contributed by atoms with Gasteiger partial charge in [-0.1, -0.05) is 13.8 Å². The van der Waals surface area contributed by atoms with Crippen LogP contribution in [-0.2, 0) is 6.42 Å². The lowest BCUT2D eigenvalue weighted by Crippen LogP contribution is -2.07. The molecule has 6 heteroatoms. The van der Waals surface area contributed by atoms with Gasteiger partial charge in [-0.2, -0.15) is 0 Å². The summed E-state index contributed by atoms with van der Waals surface area (Å²) in [5.74, 6) is 0.226. The van der Waals surface area contributed by atoms with Gasteiger partial charge in [-0.25, -0.2) is 9.97 Å². The first kappa shape index (κ1) is 10.4. The van der Waals surface area contributed by atoms with E-state index in [-0.39, 0.29) is 11.5 Å². The monoisotopic (exact) mass is 196 g/mol. The third kappa shape index (κ3) is 2.15. The van der Waals surface area contributed by atoms with Crippen molar-refractivity contribution >= 4 is 11.5 Å². The van der Waals surface area contributed by atoms with Crippen molar-refractivity contribution in [1.29, 1.82) is 0 Å². The van der Waals surface area contributed by atoms with Crippen molar-refractivity contribution in [3.8, 4) is 0 Å². The summed E-state index contributed by atoms with van der Waals surface area (Å²) in [5.41, 5.74) is 5.64. The van der Waals surface area contributed by atoms with Crippen LogP contribution in [0.3, 0.4) is 0 Å². The summed E-state index contributed by atoms with van der Waals surface area (Å²) in [6, 6.07) is 0. The van der Waals surface area contributed by atoms with Crippen LogP contribution in [0.5, 0.6) is 0 Å². The first-order valence-corrected chi connectivity index (χ1v) is 4.26. The van der Waals surface area contributed by atoms with Crippen LogP contribution >= 0.6 is 0 Å². The van der Waals surface area contributed by atoms with Gasteiger partial charge in [-0.05, 0) is 12.3 Å². The molecule has 1 heterocycles. The first-order valence-electron chi connectivity index (χ1n) is 4.26. The van der Waals surface area contributed by atoms with E-state index in [0.29, 0.717) is 18.0 Å². The van der Waals surface area contributed by atoms with E-state index in [1.165, 1.54) is 6.33 Å². The van der Waals surface area contributed by atoms with Gasteiger partial charge in [0.1, 0.15) is 12.0 Å². The standard InChI is InChI=1S/C8H12N4O2/c1-5(2)3-6-7(12(13)14)8(9)11-4-10-6/h4-5H,3H2,1-2H3,(H2,9,10,11). The van der Waals surface area contributed by atoms with Gasteiger partial charge in [0.2, 0.25) is 5.82 Å². The maximum absolute atomic E-state index is 10.7. The van der Waals surface area contributed by atoms with Crippen molar-refractivity contribution in [2.45, 2.75) is 20.3 Å². The Morgan fingerprint density at radius 1 is 1.57 bits per heavy atom. The minimum absolute atomic E-state index is 0.0688. The third-order valence-electron chi connectivity index (χ3n) is 1.71. The SMILES string of the molecule is CC(C)Cc1ncnc(N)c1[N+](=O)[O-]. The third-order valence-corrected chi connectivity index (χ3v) is 1.71. The molecule has 0 saturated carbocycles. The Morgan fingerprint density at radius 3 is 2.71 bits per heavy atom. The van der Waals surface area contributed by atoms with Crippen LogP contribution in [0.1, 0.15) is 19.5 Å². The van der Waals surface area contributed by atoms with Crippen molar-refractivity contribution in [2.24, 2.45) is 5.92 Å². The van der Waals surface area contributed by atoms with Crippen molar-refractivity contribution in [1.82, 2.24) is 9.97 Å². The summed E-state index contributed by atoms with van der Waals surface area (Å²) in [7, 11) is 0. The maximum atomic E-state index is 10.7. The molecule has 0 aliphatic carbocycles. The van der Waals surface area contributed by atoms with Crippen LogP contribution in [0.2, 0.25) is 0 Å². The smallest absolute Gasteiger partial charge is 0.332 e.